The van der Waals surface area contributed by atoms with E-state index >= 15 is 0 Å². The number of rotatable bonds is 4. The monoisotopic (exact) mass is 314 g/mol. The molecule has 0 fully saturated rings. The molecule has 0 amide bonds. The zero-order valence-electron chi connectivity index (χ0n) is 10.4. The summed E-state index contributed by atoms with van der Waals surface area (Å²) in [6.07, 6.45) is 0. The van der Waals surface area contributed by atoms with E-state index in [1.165, 1.54) is 0 Å². The average Bonchev–Trinajstić information content (AvgIpc) is 2.37. The van der Waals surface area contributed by atoms with E-state index in [4.69, 9.17) is 5.11 Å². The van der Waals surface area contributed by atoms with Crippen molar-refractivity contribution in [3.05, 3.63) is 48.0 Å². The summed E-state index contributed by atoms with van der Waals surface area (Å²) in [6, 6.07) is 10.6. The number of nitrogens with one attached hydrogen (secondary N) is 1. The van der Waals surface area contributed by atoms with Crippen LogP contribution in [0.2, 0.25) is 0 Å². The van der Waals surface area contributed by atoms with E-state index in [1.54, 1.807) is 30.3 Å². The minimum atomic E-state index is -4.48. The lowest BCUT2D eigenvalue weighted by atomic mass is 10.2. The van der Waals surface area contributed by atoms with E-state index in [9.17, 15) is 18.0 Å². The molecule has 0 aliphatic rings. The minimum Gasteiger partial charge on any atom is -0.478 e. The summed E-state index contributed by atoms with van der Waals surface area (Å²) in [5.41, 5.74) is -4.16. The van der Waals surface area contributed by atoms with Gasteiger partial charge in [0.2, 0.25) is 0 Å². The van der Waals surface area contributed by atoms with Crippen LogP contribution in [0.1, 0.15) is 10.4 Å². The predicted molar refractivity (Wildman–Crippen MR) is 72.8 cm³/mol. The van der Waals surface area contributed by atoms with Gasteiger partial charge in [0.05, 0.1) is 0 Å². The highest BCUT2D eigenvalue weighted by molar-refractivity contribution is 8.00. The van der Waals surface area contributed by atoms with E-state index < -0.39 is 23.2 Å². The maximum Gasteiger partial charge on any atom is 0.447 e. The van der Waals surface area contributed by atoms with E-state index in [-0.39, 0.29) is 16.4 Å². The van der Waals surface area contributed by atoms with Crippen LogP contribution in [0.3, 0.4) is 0 Å². The highest BCUT2D eigenvalue weighted by Crippen LogP contribution is 2.36. The zero-order valence-corrected chi connectivity index (χ0v) is 11.2. The van der Waals surface area contributed by atoms with Crippen molar-refractivity contribution >= 4 is 29.2 Å². The van der Waals surface area contributed by atoms with E-state index in [0.717, 1.165) is 12.1 Å². The van der Waals surface area contributed by atoms with E-state index in [1.807, 2.05) is 0 Å². The molecule has 0 spiro atoms. The highest BCUT2D eigenvalue weighted by Gasteiger charge is 2.30. The third-order valence-electron chi connectivity index (χ3n) is 2.36. The van der Waals surface area contributed by atoms with Gasteiger partial charge in [0.25, 0.3) is 0 Å². The Balaban J connectivity index is 2.35. The average molecular weight is 314 g/mol. The molecule has 2 aromatic rings. The number of halogens is 3. The molecule has 1 heterocycles. The van der Waals surface area contributed by atoms with Gasteiger partial charge in [-0.25, -0.2) is 9.78 Å². The molecule has 0 aliphatic heterocycles. The molecule has 0 saturated carbocycles. The molecule has 0 saturated heterocycles. The summed E-state index contributed by atoms with van der Waals surface area (Å²) in [5, 5.41) is 11.4. The van der Waals surface area contributed by atoms with Gasteiger partial charge in [-0.05, 0) is 24.3 Å². The van der Waals surface area contributed by atoms with Crippen LogP contribution in [-0.2, 0) is 0 Å². The summed E-state index contributed by atoms with van der Waals surface area (Å²) in [7, 11) is 0. The number of carbonyl (C=O) groups is 1. The Labute approximate surface area is 122 Å². The molecule has 1 aromatic carbocycles. The molecular formula is C13H9F3N2O2S. The van der Waals surface area contributed by atoms with Gasteiger partial charge in [-0.3, -0.25) is 0 Å². The molecule has 2 N–H and O–H groups in total. The smallest absolute Gasteiger partial charge is 0.447 e. The predicted octanol–water partition coefficient (Wildman–Crippen LogP) is 4.14. The summed E-state index contributed by atoms with van der Waals surface area (Å²) in [5.74, 6) is -1.41. The first kappa shape index (κ1) is 15.2. The van der Waals surface area contributed by atoms with Gasteiger partial charge in [0.15, 0.2) is 0 Å². The van der Waals surface area contributed by atoms with Crippen molar-refractivity contribution < 1.29 is 23.1 Å². The number of aromatic carboxylic acids is 1. The van der Waals surface area contributed by atoms with Gasteiger partial charge >= 0.3 is 11.5 Å². The lowest BCUT2D eigenvalue weighted by Crippen LogP contribution is -2.07. The lowest BCUT2D eigenvalue weighted by Gasteiger charge is -2.11. The van der Waals surface area contributed by atoms with Crippen molar-refractivity contribution in [2.45, 2.75) is 10.5 Å². The first-order chi connectivity index (χ1) is 9.85. The molecule has 0 unspecified atom stereocenters. The standard InChI is InChI=1S/C13H9F3N2O2S/c14-13(15,16)21-10-7-6-9(12(19)20)11(18-10)17-8-4-2-1-3-5-8/h1-7H,(H,17,18)(H,19,20). The molecule has 21 heavy (non-hydrogen) atoms. The van der Waals surface area contributed by atoms with Crippen LogP contribution in [0, 0.1) is 0 Å². The number of para-hydroxylation sites is 1. The third kappa shape index (κ3) is 4.38. The van der Waals surface area contributed by atoms with Gasteiger partial charge < -0.3 is 10.4 Å². The second-order valence-electron chi connectivity index (χ2n) is 3.89. The quantitative estimate of drug-likeness (QED) is 0.831. The van der Waals surface area contributed by atoms with Crippen LogP contribution in [0.15, 0.2) is 47.5 Å². The topological polar surface area (TPSA) is 62.2 Å². The minimum absolute atomic E-state index is 0.136. The first-order valence-corrected chi connectivity index (χ1v) is 6.49. The second kappa shape index (κ2) is 6.04. The fourth-order valence-electron chi connectivity index (χ4n) is 1.54. The fraction of sp³-hybridized carbons (Fsp3) is 0.0769. The lowest BCUT2D eigenvalue weighted by molar-refractivity contribution is -0.0329. The van der Waals surface area contributed by atoms with E-state index in [2.05, 4.69) is 10.3 Å². The number of alkyl halides is 3. The Morgan fingerprint density at radius 1 is 1.14 bits per heavy atom. The molecule has 1 aromatic heterocycles. The molecular weight excluding hydrogens is 305 g/mol. The van der Waals surface area contributed by atoms with Crippen molar-refractivity contribution in [1.82, 2.24) is 4.98 Å². The van der Waals surface area contributed by atoms with Gasteiger partial charge in [0.1, 0.15) is 16.4 Å². The number of carboxylic acids is 1. The van der Waals surface area contributed by atoms with E-state index in [0.29, 0.717) is 5.69 Å². The molecule has 0 aliphatic carbocycles. The van der Waals surface area contributed by atoms with Crippen molar-refractivity contribution in [1.29, 1.82) is 0 Å². The molecule has 110 valence electrons. The normalized spacial score (nSPS) is 11.2. The fourth-order valence-corrected chi connectivity index (χ4v) is 2.05. The number of pyridine rings is 1. The van der Waals surface area contributed by atoms with Crippen LogP contribution in [0.25, 0.3) is 0 Å². The van der Waals surface area contributed by atoms with Gasteiger partial charge in [-0.15, -0.1) is 0 Å². The highest BCUT2D eigenvalue weighted by atomic mass is 32.2. The number of nitrogens with zero attached hydrogens (tertiary/aromatic N) is 1. The van der Waals surface area contributed by atoms with Gasteiger partial charge in [-0.2, -0.15) is 13.2 Å². The summed E-state index contributed by atoms with van der Waals surface area (Å²) >= 11 is -0.398. The van der Waals surface area contributed by atoms with Crippen LogP contribution < -0.4 is 5.32 Å². The number of hydrogen-bond acceptors (Lipinski definition) is 4. The first-order valence-electron chi connectivity index (χ1n) is 5.67. The number of aromatic nitrogens is 1. The maximum atomic E-state index is 12.3. The van der Waals surface area contributed by atoms with Crippen molar-refractivity contribution in [3.8, 4) is 0 Å². The molecule has 8 heteroatoms. The number of anilines is 2. The second-order valence-corrected chi connectivity index (χ2v) is 4.97. The van der Waals surface area contributed by atoms with Gasteiger partial charge in [-0.1, -0.05) is 18.2 Å². The largest absolute Gasteiger partial charge is 0.478 e. The number of thioether (sulfide) groups is 1. The number of benzene rings is 1. The van der Waals surface area contributed by atoms with Crippen molar-refractivity contribution in [2.75, 3.05) is 5.32 Å². The third-order valence-corrected chi connectivity index (χ3v) is 3.02. The Bertz CT molecular complexity index is 648. The molecule has 0 atom stereocenters. The number of hydrogen-bond donors (Lipinski definition) is 2. The molecule has 2 rings (SSSR count). The van der Waals surface area contributed by atoms with Crippen molar-refractivity contribution in [2.24, 2.45) is 0 Å². The Kier molecular flexibility index (Phi) is 4.37. The zero-order chi connectivity index (χ0) is 15.5. The Hall–Kier alpha value is -2.22. The van der Waals surface area contributed by atoms with Crippen molar-refractivity contribution in [3.63, 3.8) is 0 Å². The Morgan fingerprint density at radius 3 is 2.38 bits per heavy atom. The summed E-state index contributed by atoms with van der Waals surface area (Å²) in [6.45, 7) is 0. The summed E-state index contributed by atoms with van der Waals surface area (Å²) < 4.78 is 37.0. The molecule has 0 radical (unpaired) electrons. The molecule has 0 bridgehead atoms. The Morgan fingerprint density at radius 2 is 1.81 bits per heavy atom. The summed E-state index contributed by atoms with van der Waals surface area (Å²) in [4.78, 5) is 14.8. The van der Waals surface area contributed by atoms with Crippen LogP contribution in [-0.4, -0.2) is 21.6 Å². The van der Waals surface area contributed by atoms with Crippen LogP contribution in [0.5, 0.6) is 0 Å². The molecule has 4 nitrogen and oxygen atoms in total. The number of carboxylic acid groups (broad SMARTS) is 1. The maximum absolute atomic E-state index is 12.3. The van der Waals surface area contributed by atoms with Gasteiger partial charge in [0, 0.05) is 17.4 Å². The van der Waals surface area contributed by atoms with Crippen LogP contribution >= 0.6 is 11.8 Å². The van der Waals surface area contributed by atoms with Crippen LogP contribution in [0.4, 0.5) is 24.7 Å². The SMILES string of the molecule is O=C(O)c1ccc(SC(F)(F)F)nc1Nc1ccccc1.